The normalized spacial score (nSPS) is 14.3. The van der Waals surface area contributed by atoms with E-state index in [1.807, 2.05) is 36.4 Å². The second kappa shape index (κ2) is 8.29. The van der Waals surface area contributed by atoms with Gasteiger partial charge in [0.15, 0.2) is 0 Å². The zero-order chi connectivity index (χ0) is 22.1. The zero-order valence-corrected chi connectivity index (χ0v) is 18.0. The van der Waals surface area contributed by atoms with Gasteiger partial charge in [0.05, 0.1) is 23.2 Å². The van der Waals surface area contributed by atoms with Crippen LogP contribution < -0.4 is 5.32 Å². The van der Waals surface area contributed by atoms with Gasteiger partial charge in [0, 0.05) is 30.2 Å². The summed E-state index contributed by atoms with van der Waals surface area (Å²) in [4.78, 5) is 8.97. The summed E-state index contributed by atoms with van der Waals surface area (Å²) in [7, 11) is -3.53. The summed E-state index contributed by atoms with van der Waals surface area (Å²) in [6.45, 7) is 0.652. The third-order valence-corrected chi connectivity index (χ3v) is 7.42. The molecule has 1 aliphatic heterocycles. The van der Waals surface area contributed by atoms with Crippen LogP contribution >= 0.6 is 0 Å². The van der Waals surface area contributed by atoms with Crippen molar-refractivity contribution in [3.05, 3.63) is 95.6 Å². The first kappa shape index (κ1) is 20.5. The minimum atomic E-state index is -3.53. The third kappa shape index (κ3) is 4.19. The molecular formula is C24H21FN4O2S. The van der Waals surface area contributed by atoms with E-state index < -0.39 is 10.0 Å². The fourth-order valence-corrected chi connectivity index (χ4v) is 5.47. The molecule has 0 saturated carbocycles. The Hall–Kier alpha value is -3.36. The fourth-order valence-electron chi connectivity index (χ4n) is 3.97. The van der Waals surface area contributed by atoms with E-state index in [-0.39, 0.29) is 18.1 Å². The number of sulfonamides is 1. The number of aromatic nitrogens is 2. The highest BCUT2D eigenvalue weighted by Crippen LogP contribution is 2.29. The molecule has 0 aliphatic carbocycles. The molecule has 1 N–H and O–H groups in total. The van der Waals surface area contributed by atoms with Crippen LogP contribution in [0.25, 0.3) is 10.9 Å². The summed E-state index contributed by atoms with van der Waals surface area (Å²) < 4.78 is 40.5. The highest BCUT2D eigenvalue weighted by atomic mass is 32.2. The van der Waals surface area contributed by atoms with Gasteiger partial charge in [0.2, 0.25) is 10.0 Å². The highest BCUT2D eigenvalue weighted by Gasteiger charge is 2.28. The van der Waals surface area contributed by atoms with Gasteiger partial charge in [-0.15, -0.1) is 0 Å². The molecule has 0 unspecified atom stereocenters. The molecule has 0 amide bonds. The van der Waals surface area contributed by atoms with Crippen molar-refractivity contribution < 1.29 is 12.8 Å². The zero-order valence-electron chi connectivity index (χ0n) is 17.2. The molecule has 0 saturated heterocycles. The maximum Gasteiger partial charge on any atom is 0.218 e. The van der Waals surface area contributed by atoms with Crippen LogP contribution in [-0.2, 0) is 28.7 Å². The number of benzene rings is 2. The van der Waals surface area contributed by atoms with Gasteiger partial charge in [0.25, 0.3) is 0 Å². The molecule has 2 aromatic carbocycles. The van der Waals surface area contributed by atoms with Crippen LogP contribution in [0.4, 0.5) is 15.9 Å². The molecule has 0 spiro atoms. The Morgan fingerprint density at radius 2 is 1.84 bits per heavy atom. The van der Waals surface area contributed by atoms with Crippen LogP contribution in [0.1, 0.15) is 16.7 Å². The van der Waals surface area contributed by atoms with Crippen LogP contribution in [-0.4, -0.2) is 29.2 Å². The summed E-state index contributed by atoms with van der Waals surface area (Å²) in [6, 6.07) is 17.3. The molecular weight excluding hydrogens is 427 g/mol. The highest BCUT2D eigenvalue weighted by molar-refractivity contribution is 7.88. The Bertz CT molecular complexity index is 1390. The van der Waals surface area contributed by atoms with Crippen molar-refractivity contribution in [2.45, 2.75) is 18.7 Å². The van der Waals surface area contributed by atoms with Crippen LogP contribution in [0.5, 0.6) is 0 Å². The largest absolute Gasteiger partial charge is 0.339 e. The fraction of sp³-hybridized carbons (Fsp3) is 0.167. The monoisotopic (exact) mass is 448 g/mol. The van der Waals surface area contributed by atoms with E-state index in [9.17, 15) is 12.8 Å². The second-order valence-corrected chi connectivity index (χ2v) is 9.77. The summed E-state index contributed by atoms with van der Waals surface area (Å²) in [6.07, 6.45) is 4.01. The van der Waals surface area contributed by atoms with Gasteiger partial charge < -0.3 is 5.32 Å². The van der Waals surface area contributed by atoms with E-state index >= 15 is 0 Å². The molecule has 8 heteroatoms. The number of nitrogens with one attached hydrogen (secondary N) is 1. The Kier molecular flexibility index (Phi) is 5.32. The van der Waals surface area contributed by atoms with Crippen molar-refractivity contribution in [1.29, 1.82) is 0 Å². The molecule has 0 radical (unpaired) electrons. The number of halogens is 1. The molecule has 4 aromatic rings. The predicted molar refractivity (Wildman–Crippen MR) is 122 cm³/mol. The maximum absolute atomic E-state index is 13.1. The first-order valence-corrected chi connectivity index (χ1v) is 11.9. The molecule has 3 heterocycles. The third-order valence-electron chi connectivity index (χ3n) is 5.62. The number of rotatable bonds is 5. The number of para-hydroxylation sites is 1. The van der Waals surface area contributed by atoms with Gasteiger partial charge in [-0.25, -0.2) is 17.8 Å². The van der Waals surface area contributed by atoms with Crippen LogP contribution in [0.15, 0.2) is 73.1 Å². The lowest BCUT2D eigenvalue weighted by molar-refractivity contribution is 0.390. The molecule has 162 valence electrons. The number of nitrogens with zero attached hydrogens (tertiary/aromatic N) is 3. The van der Waals surface area contributed by atoms with Crippen molar-refractivity contribution in [2.24, 2.45) is 0 Å². The van der Waals surface area contributed by atoms with Gasteiger partial charge in [-0.2, -0.15) is 4.31 Å². The smallest absolute Gasteiger partial charge is 0.218 e. The topological polar surface area (TPSA) is 75.2 Å². The van der Waals surface area contributed by atoms with E-state index in [1.54, 1.807) is 12.4 Å². The molecule has 1 aliphatic rings. The molecule has 32 heavy (non-hydrogen) atoms. The van der Waals surface area contributed by atoms with Crippen LogP contribution in [0, 0.1) is 5.82 Å². The van der Waals surface area contributed by atoms with Crippen molar-refractivity contribution in [1.82, 2.24) is 14.3 Å². The van der Waals surface area contributed by atoms with E-state index in [0.717, 1.165) is 33.5 Å². The van der Waals surface area contributed by atoms with E-state index in [0.29, 0.717) is 18.5 Å². The second-order valence-electron chi connectivity index (χ2n) is 7.81. The molecule has 5 rings (SSSR count). The molecule has 2 aromatic heterocycles. The van der Waals surface area contributed by atoms with Crippen molar-refractivity contribution in [3.63, 3.8) is 0 Å². The molecule has 6 nitrogen and oxygen atoms in total. The maximum atomic E-state index is 13.1. The summed E-state index contributed by atoms with van der Waals surface area (Å²) in [5.41, 5.74) is 4.25. The SMILES string of the molecule is O=S(=O)(Cc1ccc(F)cc1)N1CCc2c(ccnc2Nc2cnc3ccccc3c2)C1. The number of hydrogen-bond donors (Lipinski definition) is 1. The van der Waals surface area contributed by atoms with Gasteiger partial charge in [-0.3, -0.25) is 4.98 Å². The van der Waals surface area contributed by atoms with Gasteiger partial charge in [-0.1, -0.05) is 30.3 Å². The minimum Gasteiger partial charge on any atom is -0.339 e. The van der Waals surface area contributed by atoms with E-state index in [2.05, 4.69) is 15.3 Å². The Labute approximate surface area is 185 Å². The van der Waals surface area contributed by atoms with Crippen molar-refractivity contribution >= 4 is 32.4 Å². The average molecular weight is 449 g/mol. The van der Waals surface area contributed by atoms with Crippen LogP contribution in [0.3, 0.4) is 0 Å². The number of pyridine rings is 2. The molecule has 0 fully saturated rings. The number of anilines is 2. The van der Waals surface area contributed by atoms with Crippen molar-refractivity contribution in [3.8, 4) is 0 Å². The Morgan fingerprint density at radius 1 is 1.03 bits per heavy atom. The lowest BCUT2D eigenvalue weighted by atomic mass is 10.0. The van der Waals surface area contributed by atoms with E-state index in [1.165, 1.54) is 28.6 Å². The quantitative estimate of drug-likeness (QED) is 0.490. The summed E-state index contributed by atoms with van der Waals surface area (Å²) >= 11 is 0. The predicted octanol–water partition coefficient (Wildman–Crippen LogP) is 4.40. The first-order chi connectivity index (χ1) is 15.5. The van der Waals surface area contributed by atoms with Crippen molar-refractivity contribution in [2.75, 3.05) is 11.9 Å². The van der Waals surface area contributed by atoms with Gasteiger partial charge >= 0.3 is 0 Å². The number of hydrogen-bond acceptors (Lipinski definition) is 5. The average Bonchev–Trinajstić information content (AvgIpc) is 2.80. The Morgan fingerprint density at radius 3 is 2.69 bits per heavy atom. The Balaban J connectivity index is 1.36. The summed E-state index contributed by atoms with van der Waals surface area (Å²) in [5.74, 6) is 0.184. The molecule has 0 bridgehead atoms. The number of fused-ring (bicyclic) bond motifs is 2. The standard InChI is InChI=1S/C24H21FN4O2S/c25-20-7-5-17(6-8-20)16-32(30,31)29-12-10-22-19(15-29)9-11-26-24(22)28-21-13-18-3-1-2-4-23(18)27-14-21/h1-9,11,13-14H,10,12,15-16H2,(H,26,28). The van der Waals surface area contributed by atoms with Gasteiger partial charge in [-0.05, 0) is 47.9 Å². The summed E-state index contributed by atoms with van der Waals surface area (Å²) in [5, 5.41) is 4.37. The lowest BCUT2D eigenvalue weighted by Crippen LogP contribution is -2.37. The van der Waals surface area contributed by atoms with Crippen LogP contribution in [0.2, 0.25) is 0 Å². The first-order valence-electron chi connectivity index (χ1n) is 10.3. The lowest BCUT2D eigenvalue weighted by Gasteiger charge is -2.29. The van der Waals surface area contributed by atoms with Gasteiger partial charge in [0.1, 0.15) is 11.6 Å². The van der Waals surface area contributed by atoms with E-state index in [4.69, 9.17) is 0 Å². The minimum absolute atomic E-state index is 0.151. The molecule has 0 atom stereocenters.